The van der Waals surface area contributed by atoms with E-state index in [2.05, 4.69) is 14.5 Å². The Labute approximate surface area is 97.3 Å². The molecule has 1 aromatic rings. The highest BCUT2D eigenvalue weighted by molar-refractivity contribution is 6.29. The molecular weight excluding hydrogens is 234 g/mol. The lowest BCUT2D eigenvalue weighted by molar-refractivity contribution is -0.154. The van der Waals surface area contributed by atoms with Crippen LogP contribution in [-0.4, -0.2) is 31.1 Å². The quantitative estimate of drug-likeness (QED) is 0.453. The van der Waals surface area contributed by atoms with Gasteiger partial charge in [-0.05, 0) is 17.7 Å². The van der Waals surface area contributed by atoms with Crippen molar-refractivity contribution in [1.82, 2.24) is 4.98 Å². The Hall–Kier alpha value is -1.62. The molecule has 0 radical (unpaired) electrons. The second-order valence-corrected chi connectivity index (χ2v) is 3.28. The van der Waals surface area contributed by atoms with Crippen LogP contribution in [0.25, 0.3) is 0 Å². The number of halogens is 1. The van der Waals surface area contributed by atoms with E-state index in [0.29, 0.717) is 5.56 Å². The van der Waals surface area contributed by atoms with Crippen molar-refractivity contribution in [3.8, 4) is 0 Å². The fourth-order valence-corrected chi connectivity index (χ4v) is 1.38. The van der Waals surface area contributed by atoms with Gasteiger partial charge in [-0.3, -0.25) is 9.59 Å². The molecule has 1 aromatic heterocycles. The van der Waals surface area contributed by atoms with E-state index in [1.165, 1.54) is 32.5 Å². The summed E-state index contributed by atoms with van der Waals surface area (Å²) in [6.07, 6.45) is 1.40. The molecular formula is C10H10ClNO4. The first-order valence-electron chi connectivity index (χ1n) is 4.37. The average Bonchev–Trinajstić information content (AvgIpc) is 2.29. The van der Waals surface area contributed by atoms with Gasteiger partial charge in [0.1, 0.15) is 5.15 Å². The molecule has 0 bridgehead atoms. The van der Waals surface area contributed by atoms with Gasteiger partial charge in [0.2, 0.25) is 0 Å². The number of pyridine rings is 1. The minimum Gasteiger partial charge on any atom is -0.468 e. The zero-order valence-corrected chi connectivity index (χ0v) is 9.52. The number of esters is 2. The predicted molar refractivity (Wildman–Crippen MR) is 56.0 cm³/mol. The van der Waals surface area contributed by atoms with Crippen LogP contribution in [0.2, 0.25) is 5.15 Å². The molecule has 0 aliphatic heterocycles. The van der Waals surface area contributed by atoms with Crippen molar-refractivity contribution in [3.63, 3.8) is 0 Å². The van der Waals surface area contributed by atoms with Gasteiger partial charge in [-0.15, -0.1) is 0 Å². The van der Waals surface area contributed by atoms with Crippen molar-refractivity contribution in [2.75, 3.05) is 14.2 Å². The van der Waals surface area contributed by atoms with E-state index in [9.17, 15) is 9.59 Å². The summed E-state index contributed by atoms with van der Waals surface area (Å²) >= 11 is 5.67. The third-order valence-corrected chi connectivity index (χ3v) is 2.16. The monoisotopic (exact) mass is 243 g/mol. The topological polar surface area (TPSA) is 65.5 Å². The molecule has 0 aliphatic rings. The van der Waals surface area contributed by atoms with Crippen molar-refractivity contribution in [2.45, 2.75) is 5.92 Å². The normalized spacial score (nSPS) is 10.0. The van der Waals surface area contributed by atoms with Gasteiger partial charge in [0.15, 0.2) is 5.92 Å². The summed E-state index contributed by atoms with van der Waals surface area (Å²) < 4.78 is 9.05. The van der Waals surface area contributed by atoms with Crippen molar-refractivity contribution in [2.24, 2.45) is 0 Å². The first kappa shape index (κ1) is 12.4. The molecule has 0 fully saturated rings. The van der Waals surface area contributed by atoms with Crippen molar-refractivity contribution < 1.29 is 19.1 Å². The summed E-state index contributed by atoms with van der Waals surface area (Å²) in [5, 5.41) is 0.190. The Balaban J connectivity index is 3.10. The van der Waals surface area contributed by atoms with Gasteiger partial charge >= 0.3 is 11.9 Å². The minimum atomic E-state index is -1.13. The molecule has 6 heteroatoms. The standard InChI is InChI=1S/C10H10ClNO4/c1-15-9(13)8(10(14)16-2)6-3-4-12-7(11)5-6/h3-5,8H,1-2H3. The highest BCUT2D eigenvalue weighted by Gasteiger charge is 2.30. The highest BCUT2D eigenvalue weighted by Crippen LogP contribution is 2.20. The van der Waals surface area contributed by atoms with E-state index in [4.69, 9.17) is 11.6 Å². The maximum Gasteiger partial charge on any atom is 0.324 e. The zero-order valence-electron chi connectivity index (χ0n) is 8.77. The van der Waals surface area contributed by atoms with E-state index >= 15 is 0 Å². The first-order valence-corrected chi connectivity index (χ1v) is 4.75. The van der Waals surface area contributed by atoms with Gasteiger partial charge < -0.3 is 9.47 Å². The van der Waals surface area contributed by atoms with Crippen molar-refractivity contribution in [3.05, 3.63) is 29.0 Å². The van der Waals surface area contributed by atoms with Gasteiger partial charge in [-0.25, -0.2) is 4.98 Å². The van der Waals surface area contributed by atoms with Crippen LogP contribution < -0.4 is 0 Å². The molecule has 5 nitrogen and oxygen atoms in total. The molecule has 86 valence electrons. The van der Waals surface area contributed by atoms with Gasteiger partial charge in [0.25, 0.3) is 0 Å². The smallest absolute Gasteiger partial charge is 0.324 e. The summed E-state index contributed by atoms with van der Waals surface area (Å²) in [5.41, 5.74) is 0.388. The molecule has 0 atom stereocenters. The lowest BCUT2D eigenvalue weighted by Gasteiger charge is -2.12. The summed E-state index contributed by atoms with van der Waals surface area (Å²) in [6.45, 7) is 0. The molecule has 1 heterocycles. The lowest BCUT2D eigenvalue weighted by atomic mass is 10.0. The Morgan fingerprint density at radius 3 is 2.31 bits per heavy atom. The summed E-state index contributed by atoms with van der Waals surface area (Å²) in [5.74, 6) is -2.53. The molecule has 0 saturated heterocycles. The minimum absolute atomic E-state index is 0.190. The van der Waals surface area contributed by atoms with E-state index in [1.54, 1.807) is 0 Å². The van der Waals surface area contributed by atoms with Crippen LogP contribution in [0.4, 0.5) is 0 Å². The number of hydrogen-bond acceptors (Lipinski definition) is 5. The number of rotatable bonds is 3. The molecule has 1 rings (SSSR count). The zero-order chi connectivity index (χ0) is 12.1. The number of aromatic nitrogens is 1. The molecule has 16 heavy (non-hydrogen) atoms. The summed E-state index contributed by atoms with van der Waals surface area (Å²) in [7, 11) is 2.39. The van der Waals surface area contributed by atoms with Crippen LogP contribution in [0, 0.1) is 0 Å². The number of nitrogens with zero attached hydrogens (tertiary/aromatic N) is 1. The maximum atomic E-state index is 11.4. The van der Waals surface area contributed by atoms with E-state index in [-0.39, 0.29) is 5.15 Å². The molecule has 0 saturated carbocycles. The maximum absolute atomic E-state index is 11.4. The SMILES string of the molecule is COC(=O)C(C(=O)OC)c1ccnc(Cl)c1. The Bertz CT molecular complexity index is 392. The van der Waals surface area contributed by atoms with Crippen LogP contribution in [0.1, 0.15) is 11.5 Å². The Morgan fingerprint density at radius 1 is 1.31 bits per heavy atom. The average molecular weight is 244 g/mol. The second kappa shape index (κ2) is 5.46. The largest absolute Gasteiger partial charge is 0.468 e. The van der Waals surface area contributed by atoms with Gasteiger partial charge in [-0.2, -0.15) is 0 Å². The van der Waals surface area contributed by atoms with Gasteiger partial charge in [-0.1, -0.05) is 11.6 Å². The molecule has 0 N–H and O–H groups in total. The fraction of sp³-hybridized carbons (Fsp3) is 0.300. The molecule has 0 aromatic carbocycles. The van der Waals surface area contributed by atoms with Crippen LogP contribution in [0.15, 0.2) is 18.3 Å². The van der Waals surface area contributed by atoms with E-state index in [0.717, 1.165) is 0 Å². The Morgan fingerprint density at radius 2 is 1.88 bits per heavy atom. The molecule has 0 spiro atoms. The number of ether oxygens (including phenoxy) is 2. The number of methoxy groups -OCH3 is 2. The first-order chi connectivity index (χ1) is 7.60. The summed E-state index contributed by atoms with van der Waals surface area (Å²) in [6, 6.07) is 2.92. The van der Waals surface area contributed by atoms with Crippen LogP contribution >= 0.6 is 11.6 Å². The second-order valence-electron chi connectivity index (χ2n) is 2.89. The molecule has 0 amide bonds. The highest BCUT2D eigenvalue weighted by atomic mass is 35.5. The number of carbonyl (C=O) groups excluding carboxylic acids is 2. The van der Waals surface area contributed by atoms with Crippen LogP contribution in [0.5, 0.6) is 0 Å². The van der Waals surface area contributed by atoms with Gasteiger partial charge in [0.05, 0.1) is 14.2 Å². The van der Waals surface area contributed by atoms with Crippen molar-refractivity contribution in [1.29, 1.82) is 0 Å². The van der Waals surface area contributed by atoms with Crippen molar-refractivity contribution >= 4 is 23.5 Å². The number of hydrogen-bond donors (Lipinski definition) is 0. The summed E-state index contributed by atoms with van der Waals surface area (Å²) in [4.78, 5) is 26.6. The third kappa shape index (κ3) is 2.70. The van der Waals surface area contributed by atoms with Crippen LogP contribution in [0.3, 0.4) is 0 Å². The molecule has 0 unspecified atom stereocenters. The van der Waals surface area contributed by atoms with E-state index in [1.807, 2.05) is 0 Å². The van der Waals surface area contributed by atoms with E-state index < -0.39 is 17.9 Å². The van der Waals surface area contributed by atoms with Gasteiger partial charge in [0, 0.05) is 6.20 Å². The molecule has 0 aliphatic carbocycles. The number of carbonyl (C=O) groups is 2. The van der Waals surface area contributed by atoms with Crippen LogP contribution in [-0.2, 0) is 19.1 Å². The Kier molecular flexibility index (Phi) is 4.25. The third-order valence-electron chi connectivity index (χ3n) is 1.96. The predicted octanol–water partition coefficient (Wildman–Crippen LogP) is 1.16. The fourth-order valence-electron chi connectivity index (χ4n) is 1.20. The lowest BCUT2D eigenvalue weighted by Crippen LogP contribution is -2.24.